The van der Waals surface area contributed by atoms with Crippen molar-refractivity contribution in [2.24, 2.45) is 10.2 Å². The highest BCUT2D eigenvalue weighted by molar-refractivity contribution is 7.87. The van der Waals surface area contributed by atoms with Crippen LogP contribution in [0.4, 0.5) is 11.4 Å². The number of nitrogens with one attached hydrogen (secondary N) is 2. The van der Waals surface area contributed by atoms with Crippen LogP contribution < -0.4 is 19.2 Å². The van der Waals surface area contributed by atoms with Crippen molar-refractivity contribution in [2.45, 2.75) is 9.79 Å². The molecule has 0 spiro atoms. The van der Waals surface area contributed by atoms with Gasteiger partial charge < -0.3 is 8.37 Å². The number of rotatable bonds is 16. The zero-order valence-corrected chi connectivity index (χ0v) is 30.7. The molecule has 1 aliphatic rings. The van der Waals surface area contributed by atoms with Crippen LogP contribution in [0.25, 0.3) is 0 Å². The van der Waals surface area contributed by atoms with Crippen molar-refractivity contribution < 1.29 is 44.6 Å². The standard InChI is InChI=1S/C34H32N8O12S2/c43-33(37-35-21-25-1-9-29(10-2-25)53-55(49,50)31-13-5-27(6-14-31)41(45)46)23-39-17-19-40(20-18-39)24-34(44)38-36-22-26-3-11-30(12-4-26)54-56(51,52)32-15-7-28(8-16-32)42(47)48/h1-16,21-22H,17-20,23-24H2,(H,37,43)(H,38,44)/b35-21-,36-22-. The molecule has 0 radical (unpaired) electrons. The second-order valence-electron chi connectivity index (χ2n) is 11.9. The Hall–Kier alpha value is -6.62. The van der Waals surface area contributed by atoms with E-state index in [0.29, 0.717) is 37.3 Å². The molecule has 292 valence electrons. The van der Waals surface area contributed by atoms with Crippen LogP contribution in [-0.2, 0) is 29.8 Å². The lowest BCUT2D eigenvalue weighted by Gasteiger charge is -2.33. The Kier molecular flexibility index (Phi) is 13.1. The van der Waals surface area contributed by atoms with Crippen LogP contribution in [0.5, 0.6) is 11.5 Å². The Balaban J connectivity index is 0.976. The molecule has 22 heteroatoms. The maximum atomic E-state index is 12.5. The fraction of sp³-hybridized carbons (Fsp3) is 0.176. The number of benzene rings is 4. The van der Waals surface area contributed by atoms with E-state index in [1.54, 1.807) is 0 Å². The molecule has 4 aromatic rings. The third-order valence-corrected chi connectivity index (χ3v) is 10.4. The number of amides is 2. The molecule has 5 rings (SSSR count). The van der Waals surface area contributed by atoms with E-state index in [1.165, 1.54) is 61.0 Å². The van der Waals surface area contributed by atoms with Gasteiger partial charge in [0.05, 0.1) is 35.4 Å². The lowest BCUT2D eigenvalue weighted by molar-refractivity contribution is -0.385. The average Bonchev–Trinajstić information content (AvgIpc) is 3.17. The Bertz CT molecular complexity index is 2160. The van der Waals surface area contributed by atoms with Gasteiger partial charge in [-0.15, -0.1) is 0 Å². The largest absolute Gasteiger partial charge is 0.379 e. The monoisotopic (exact) mass is 808 g/mol. The molecule has 2 amide bonds. The van der Waals surface area contributed by atoms with Gasteiger partial charge in [-0.05, 0) is 83.9 Å². The first kappa shape index (κ1) is 40.6. The molecule has 0 aliphatic carbocycles. The van der Waals surface area contributed by atoms with Crippen molar-refractivity contribution in [1.29, 1.82) is 0 Å². The number of hydrogen-bond acceptors (Lipinski definition) is 16. The van der Waals surface area contributed by atoms with E-state index in [2.05, 4.69) is 21.1 Å². The molecule has 1 fully saturated rings. The predicted molar refractivity (Wildman–Crippen MR) is 199 cm³/mol. The number of nitro benzene ring substituents is 2. The normalized spacial score (nSPS) is 14.0. The third kappa shape index (κ3) is 11.7. The minimum Gasteiger partial charge on any atom is -0.379 e. The number of carbonyl (C=O) groups excluding carboxylic acids is 2. The lowest BCUT2D eigenvalue weighted by atomic mass is 10.2. The van der Waals surface area contributed by atoms with E-state index in [4.69, 9.17) is 8.37 Å². The van der Waals surface area contributed by atoms with Crippen LogP contribution in [-0.4, -0.2) is 100.0 Å². The number of nitro groups is 2. The average molecular weight is 809 g/mol. The summed E-state index contributed by atoms with van der Waals surface area (Å²) in [5, 5.41) is 29.5. The van der Waals surface area contributed by atoms with Crippen molar-refractivity contribution in [3.63, 3.8) is 0 Å². The van der Waals surface area contributed by atoms with Crippen LogP contribution in [0.1, 0.15) is 11.1 Å². The fourth-order valence-corrected chi connectivity index (χ4v) is 6.84. The van der Waals surface area contributed by atoms with E-state index < -0.39 is 30.1 Å². The molecular formula is C34H32N8O12S2. The van der Waals surface area contributed by atoms with Crippen molar-refractivity contribution in [1.82, 2.24) is 20.7 Å². The van der Waals surface area contributed by atoms with Gasteiger partial charge in [0, 0.05) is 50.4 Å². The molecule has 4 aromatic carbocycles. The Morgan fingerprint density at radius 1 is 0.589 bits per heavy atom. The van der Waals surface area contributed by atoms with Crippen LogP contribution in [0.3, 0.4) is 0 Å². The van der Waals surface area contributed by atoms with Crippen LogP contribution in [0.2, 0.25) is 0 Å². The molecule has 0 aromatic heterocycles. The third-order valence-electron chi connectivity index (χ3n) is 7.85. The molecule has 1 aliphatic heterocycles. The Morgan fingerprint density at radius 3 is 1.21 bits per heavy atom. The summed E-state index contributed by atoms with van der Waals surface area (Å²) >= 11 is 0. The summed E-state index contributed by atoms with van der Waals surface area (Å²) in [7, 11) is -8.44. The van der Waals surface area contributed by atoms with Gasteiger partial charge in [0.1, 0.15) is 21.3 Å². The molecule has 20 nitrogen and oxygen atoms in total. The molecule has 56 heavy (non-hydrogen) atoms. The highest BCUT2D eigenvalue weighted by Gasteiger charge is 2.22. The highest BCUT2D eigenvalue weighted by Crippen LogP contribution is 2.23. The van der Waals surface area contributed by atoms with E-state index in [9.17, 15) is 46.7 Å². The topological polar surface area (TPSA) is 262 Å². The SMILES string of the molecule is O=C(CN1CCN(CC(=O)N/N=C\c2ccc(OS(=O)(=O)c3ccc([N+](=O)[O-])cc3)cc2)CC1)N/N=C\c1ccc(OS(=O)(=O)c2ccc([N+](=O)[O-])cc2)cc1. The summed E-state index contributed by atoms with van der Waals surface area (Å²) in [6.45, 7) is 2.22. The molecule has 0 unspecified atom stereocenters. The number of hydrazone groups is 2. The first-order valence-corrected chi connectivity index (χ1v) is 19.1. The molecule has 2 N–H and O–H groups in total. The minimum absolute atomic E-state index is 0.00534. The molecular weight excluding hydrogens is 777 g/mol. The quantitative estimate of drug-likeness (QED) is 0.0712. The molecule has 0 atom stereocenters. The second-order valence-corrected chi connectivity index (χ2v) is 14.9. The summed E-state index contributed by atoms with van der Waals surface area (Å²) in [4.78, 5) is 48.5. The molecule has 1 saturated heterocycles. The van der Waals surface area contributed by atoms with E-state index in [0.717, 1.165) is 48.5 Å². The van der Waals surface area contributed by atoms with Gasteiger partial charge in [-0.1, -0.05) is 0 Å². The van der Waals surface area contributed by atoms with E-state index >= 15 is 0 Å². The Labute approximate surface area is 319 Å². The predicted octanol–water partition coefficient (Wildman–Crippen LogP) is 2.26. The van der Waals surface area contributed by atoms with Gasteiger partial charge in [-0.25, -0.2) is 10.9 Å². The number of non-ortho nitro benzene ring substituents is 2. The van der Waals surface area contributed by atoms with Gasteiger partial charge >= 0.3 is 20.2 Å². The van der Waals surface area contributed by atoms with Crippen molar-refractivity contribution in [3.05, 3.63) is 128 Å². The van der Waals surface area contributed by atoms with Crippen LogP contribution in [0, 0.1) is 20.2 Å². The lowest BCUT2D eigenvalue weighted by Crippen LogP contribution is -2.51. The number of hydrogen-bond donors (Lipinski definition) is 2. The van der Waals surface area contributed by atoms with Gasteiger partial charge in [-0.3, -0.25) is 39.6 Å². The first-order valence-electron chi connectivity index (χ1n) is 16.3. The fourth-order valence-electron chi connectivity index (χ4n) is 4.98. The maximum absolute atomic E-state index is 12.5. The van der Waals surface area contributed by atoms with Crippen molar-refractivity contribution >= 4 is 55.9 Å². The summed E-state index contributed by atoms with van der Waals surface area (Å²) in [6, 6.07) is 20.2. The van der Waals surface area contributed by atoms with Gasteiger partial charge in [0.25, 0.3) is 23.2 Å². The van der Waals surface area contributed by atoms with Gasteiger partial charge in [-0.2, -0.15) is 27.0 Å². The Morgan fingerprint density at radius 2 is 0.911 bits per heavy atom. The van der Waals surface area contributed by atoms with E-state index in [1.807, 2.05) is 9.80 Å². The van der Waals surface area contributed by atoms with Crippen molar-refractivity contribution in [2.75, 3.05) is 39.3 Å². The second kappa shape index (κ2) is 18.1. The molecule has 1 heterocycles. The summed E-state index contributed by atoms with van der Waals surface area (Å²) in [6.07, 6.45) is 2.74. The molecule has 0 bridgehead atoms. The summed E-state index contributed by atoms with van der Waals surface area (Å²) in [5.74, 6) is -0.709. The first-order chi connectivity index (χ1) is 26.7. The molecule has 0 saturated carbocycles. The maximum Gasteiger partial charge on any atom is 0.339 e. The number of piperazine rings is 1. The zero-order valence-electron chi connectivity index (χ0n) is 29.0. The highest BCUT2D eigenvalue weighted by atomic mass is 32.2. The van der Waals surface area contributed by atoms with Gasteiger partial charge in [0.2, 0.25) is 0 Å². The zero-order chi connectivity index (χ0) is 40.3. The smallest absolute Gasteiger partial charge is 0.339 e. The number of carbonyl (C=O) groups is 2. The summed E-state index contributed by atoms with van der Waals surface area (Å²) < 4.78 is 60.1. The van der Waals surface area contributed by atoms with Gasteiger partial charge in [0.15, 0.2) is 0 Å². The number of nitrogens with zero attached hydrogens (tertiary/aromatic N) is 6. The van der Waals surface area contributed by atoms with Crippen LogP contribution in [0.15, 0.2) is 117 Å². The van der Waals surface area contributed by atoms with Crippen LogP contribution >= 0.6 is 0 Å². The minimum atomic E-state index is -4.22. The van der Waals surface area contributed by atoms with Crippen molar-refractivity contribution in [3.8, 4) is 11.5 Å². The summed E-state index contributed by atoms with van der Waals surface area (Å²) in [5.41, 5.74) is 5.44. The van der Waals surface area contributed by atoms with E-state index in [-0.39, 0.29) is 57.6 Å².